The van der Waals surface area contributed by atoms with E-state index in [-0.39, 0.29) is 11.4 Å². The van der Waals surface area contributed by atoms with E-state index < -0.39 is 5.91 Å². The summed E-state index contributed by atoms with van der Waals surface area (Å²) in [5.41, 5.74) is 8.92. The summed E-state index contributed by atoms with van der Waals surface area (Å²) in [5, 5.41) is 14.7. The average Bonchev–Trinajstić information content (AvgIpc) is 2.58. The van der Waals surface area contributed by atoms with Crippen molar-refractivity contribution >= 4 is 28.8 Å². The molecule has 0 spiro atoms. The van der Waals surface area contributed by atoms with Crippen LogP contribution in [0.5, 0.6) is 0 Å². The molecule has 0 atom stereocenters. The standard InChI is InChI=1S/C19H18N4O2/c1-12-3-8-17(21)18(9-12)22-11-15(10-20)19(25)23-16-6-4-14(5-7-16)13(2)24/h3-9,11,22H,21H2,1-2H3,(H,23,25)/b15-11-. The monoisotopic (exact) mass is 334 g/mol. The van der Waals surface area contributed by atoms with Crippen molar-refractivity contribution in [2.45, 2.75) is 13.8 Å². The molecule has 0 radical (unpaired) electrons. The lowest BCUT2D eigenvalue weighted by atomic mass is 10.1. The zero-order valence-corrected chi connectivity index (χ0v) is 14.0. The van der Waals surface area contributed by atoms with Gasteiger partial charge in [-0.25, -0.2) is 0 Å². The number of rotatable bonds is 5. The minimum absolute atomic E-state index is 0.0598. The number of anilines is 3. The highest BCUT2D eigenvalue weighted by Crippen LogP contribution is 2.20. The molecule has 25 heavy (non-hydrogen) atoms. The van der Waals surface area contributed by atoms with Gasteiger partial charge < -0.3 is 16.4 Å². The quantitative estimate of drug-likeness (QED) is 0.337. The zero-order chi connectivity index (χ0) is 18.4. The van der Waals surface area contributed by atoms with Gasteiger partial charge in [-0.05, 0) is 55.8 Å². The van der Waals surface area contributed by atoms with Crippen molar-refractivity contribution < 1.29 is 9.59 Å². The van der Waals surface area contributed by atoms with Crippen molar-refractivity contribution in [2.75, 3.05) is 16.4 Å². The molecule has 0 saturated heterocycles. The van der Waals surface area contributed by atoms with Crippen LogP contribution in [0.4, 0.5) is 17.1 Å². The maximum absolute atomic E-state index is 12.2. The second-order valence-corrected chi connectivity index (χ2v) is 5.49. The van der Waals surface area contributed by atoms with Gasteiger partial charge in [0.25, 0.3) is 5.91 Å². The molecule has 0 heterocycles. The number of aryl methyl sites for hydroxylation is 1. The van der Waals surface area contributed by atoms with Crippen molar-refractivity contribution in [3.8, 4) is 6.07 Å². The van der Waals surface area contributed by atoms with Gasteiger partial charge in [0.1, 0.15) is 11.6 Å². The van der Waals surface area contributed by atoms with E-state index in [0.29, 0.717) is 22.6 Å². The summed E-state index contributed by atoms with van der Waals surface area (Å²) in [6, 6.07) is 13.7. The molecule has 0 fully saturated rings. The van der Waals surface area contributed by atoms with Crippen LogP contribution in [-0.2, 0) is 4.79 Å². The summed E-state index contributed by atoms with van der Waals surface area (Å²) in [6.45, 7) is 3.38. The van der Waals surface area contributed by atoms with E-state index in [1.807, 2.05) is 25.1 Å². The van der Waals surface area contributed by atoms with Gasteiger partial charge in [-0.1, -0.05) is 6.07 Å². The van der Waals surface area contributed by atoms with Gasteiger partial charge in [-0.3, -0.25) is 9.59 Å². The maximum Gasteiger partial charge on any atom is 0.267 e. The molecule has 0 aliphatic carbocycles. The Balaban J connectivity index is 2.11. The second-order valence-electron chi connectivity index (χ2n) is 5.49. The van der Waals surface area contributed by atoms with Crippen LogP contribution in [-0.4, -0.2) is 11.7 Å². The number of nitrogens with zero attached hydrogens (tertiary/aromatic N) is 1. The van der Waals surface area contributed by atoms with E-state index in [0.717, 1.165) is 5.56 Å². The number of nitriles is 1. The predicted molar refractivity (Wildman–Crippen MR) is 98.0 cm³/mol. The fourth-order valence-corrected chi connectivity index (χ4v) is 2.08. The molecule has 2 rings (SSSR count). The minimum Gasteiger partial charge on any atom is -0.397 e. The largest absolute Gasteiger partial charge is 0.397 e. The Morgan fingerprint density at radius 2 is 1.84 bits per heavy atom. The van der Waals surface area contributed by atoms with Gasteiger partial charge in [0.15, 0.2) is 5.78 Å². The molecule has 2 aromatic rings. The first-order valence-electron chi connectivity index (χ1n) is 7.56. The van der Waals surface area contributed by atoms with Crippen molar-refractivity contribution in [2.24, 2.45) is 0 Å². The number of nitrogens with one attached hydrogen (secondary N) is 2. The molecule has 0 aliphatic rings. The van der Waals surface area contributed by atoms with Crippen LogP contribution in [0.2, 0.25) is 0 Å². The lowest BCUT2D eigenvalue weighted by Gasteiger charge is -2.08. The number of hydrogen-bond donors (Lipinski definition) is 3. The number of hydrogen-bond acceptors (Lipinski definition) is 5. The topological polar surface area (TPSA) is 108 Å². The van der Waals surface area contributed by atoms with E-state index in [2.05, 4.69) is 10.6 Å². The van der Waals surface area contributed by atoms with Crippen LogP contribution < -0.4 is 16.4 Å². The fraction of sp³-hybridized carbons (Fsp3) is 0.105. The first-order valence-corrected chi connectivity index (χ1v) is 7.56. The highest BCUT2D eigenvalue weighted by atomic mass is 16.1. The Labute approximate surface area is 146 Å². The normalized spacial score (nSPS) is 10.7. The molecular weight excluding hydrogens is 316 g/mol. The lowest BCUT2D eigenvalue weighted by Crippen LogP contribution is -2.14. The minimum atomic E-state index is -0.559. The zero-order valence-electron chi connectivity index (χ0n) is 14.0. The Kier molecular flexibility index (Phi) is 5.54. The lowest BCUT2D eigenvalue weighted by molar-refractivity contribution is -0.112. The smallest absolute Gasteiger partial charge is 0.267 e. The number of amides is 1. The third kappa shape index (κ3) is 4.69. The second kappa shape index (κ2) is 7.79. The fourth-order valence-electron chi connectivity index (χ4n) is 2.08. The van der Waals surface area contributed by atoms with Gasteiger partial charge in [0, 0.05) is 17.5 Å². The van der Waals surface area contributed by atoms with Crippen LogP contribution in [0.3, 0.4) is 0 Å². The summed E-state index contributed by atoms with van der Waals surface area (Å²) < 4.78 is 0. The Bertz CT molecular complexity index is 877. The molecule has 126 valence electrons. The van der Waals surface area contributed by atoms with Crippen LogP contribution in [0.25, 0.3) is 0 Å². The summed E-state index contributed by atoms with van der Waals surface area (Å²) in [7, 11) is 0. The van der Waals surface area contributed by atoms with E-state index in [1.165, 1.54) is 13.1 Å². The Hall–Kier alpha value is -3.59. The van der Waals surface area contributed by atoms with E-state index >= 15 is 0 Å². The Morgan fingerprint density at radius 1 is 1.16 bits per heavy atom. The number of benzene rings is 2. The molecule has 4 N–H and O–H groups in total. The molecule has 2 aromatic carbocycles. The number of carbonyl (C=O) groups excluding carboxylic acids is 2. The predicted octanol–water partition coefficient (Wildman–Crippen LogP) is 3.24. The third-order valence-electron chi connectivity index (χ3n) is 3.50. The van der Waals surface area contributed by atoms with Gasteiger partial charge in [0.2, 0.25) is 0 Å². The van der Waals surface area contributed by atoms with Gasteiger partial charge in [0.05, 0.1) is 11.4 Å². The van der Waals surface area contributed by atoms with Crippen LogP contribution in [0.15, 0.2) is 54.2 Å². The molecule has 0 unspecified atom stereocenters. The summed E-state index contributed by atoms with van der Waals surface area (Å²) >= 11 is 0. The van der Waals surface area contributed by atoms with E-state index in [1.54, 1.807) is 30.3 Å². The van der Waals surface area contributed by atoms with E-state index in [9.17, 15) is 14.9 Å². The van der Waals surface area contributed by atoms with Crippen molar-refractivity contribution in [3.05, 3.63) is 65.4 Å². The number of nitrogens with two attached hydrogens (primary N) is 1. The molecule has 0 saturated carbocycles. The van der Waals surface area contributed by atoms with E-state index in [4.69, 9.17) is 5.73 Å². The first kappa shape index (κ1) is 17.8. The number of nitrogen functional groups attached to an aromatic ring is 1. The van der Waals surface area contributed by atoms with Gasteiger partial charge >= 0.3 is 0 Å². The highest BCUT2D eigenvalue weighted by Gasteiger charge is 2.10. The highest BCUT2D eigenvalue weighted by molar-refractivity contribution is 6.07. The molecular formula is C19H18N4O2. The number of ketones is 1. The SMILES string of the molecule is CC(=O)c1ccc(NC(=O)/C(C#N)=C\Nc2cc(C)ccc2N)cc1. The average molecular weight is 334 g/mol. The summed E-state index contributed by atoms with van der Waals surface area (Å²) in [6.07, 6.45) is 1.31. The number of carbonyl (C=O) groups is 2. The Morgan fingerprint density at radius 3 is 2.44 bits per heavy atom. The van der Waals surface area contributed by atoms with Crippen molar-refractivity contribution in [1.29, 1.82) is 5.26 Å². The van der Waals surface area contributed by atoms with Crippen molar-refractivity contribution in [1.82, 2.24) is 0 Å². The summed E-state index contributed by atoms with van der Waals surface area (Å²) in [5.74, 6) is -0.618. The molecule has 1 amide bonds. The van der Waals surface area contributed by atoms with Crippen LogP contribution in [0, 0.1) is 18.3 Å². The van der Waals surface area contributed by atoms with Crippen LogP contribution in [0.1, 0.15) is 22.8 Å². The van der Waals surface area contributed by atoms with Crippen LogP contribution >= 0.6 is 0 Å². The van der Waals surface area contributed by atoms with Gasteiger partial charge in [-0.15, -0.1) is 0 Å². The third-order valence-corrected chi connectivity index (χ3v) is 3.50. The van der Waals surface area contributed by atoms with Gasteiger partial charge in [-0.2, -0.15) is 5.26 Å². The molecule has 6 heteroatoms. The summed E-state index contributed by atoms with van der Waals surface area (Å²) in [4.78, 5) is 23.4. The molecule has 0 bridgehead atoms. The van der Waals surface area contributed by atoms with Crippen molar-refractivity contribution in [3.63, 3.8) is 0 Å². The molecule has 6 nitrogen and oxygen atoms in total. The maximum atomic E-state index is 12.2. The molecule has 0 aliphatic heterocycles. The molecule has 0 aromatic heterocycles. The first-order chi connectivity index (χ1) is 11.9. The number of Topliss-reactive ketones (excluding diaryl/α,β-unsaturated/α-hetero) is 1.